The first-order chi connectivity index (χ1) is 6.83. The minimum atomic E-state index is 0.0902. The molecule has 0 fully saturated rings. The summed E-state index contributed by atoms with van der Waals surface area (Å²) in [6.45, 7) is 3.59. The highest BCUT2D eigenvalue weighted by atomic mass is 14.8. The first-order valence-corrected chi connectivity index (χ1v) is 4.82. The molecule has 0 spiro atoms. The van der Waals surface area contributed by atoms with Gasteiger partial charge in [0.25, 0.3) is 0 Å². The van der Waals surface area contributed by atoms with E-state index in [4.69, 9.17) is 5.26 Å². The van der Waals surface area contributed by atoms with Gasteiger partial charge in [0.05, 0.1) is 12.0 Å². The molecule has 0 aliphatic carbocycles. The molecule has 1 aromatic rings. The van der Waals surface area contributed by atoms with Crippen LogP contribution in [-0.2, 0) is 6.42 Å². The number of pyridine rings is 1. The molecule has 1 N–H and O–H groups in total. The van der Waals surface area contributed by atoms with Gasteiger partial charge in [0, 0.05) is 18.9 Å². The maximum absolute atomic E-state index is 8.55. The second-order valence-electron chi connectivity index (χ2n) is 3.34. The molecule has 0 amide bonds. The molecule has 0 saturated carbocycles. The van der Waals surface area contributed by atoms with Gasteiger partial charge in [-0.2, -0.15) is 5.26 Å². The van der Waals surface area contributed by atoms with Crippen LogP contribution < -0.4 is 5.32 Å². The standard InChI is InChI=1S/C11H15N3/c1-10(8-12)9-14-7-4-11-2-5-13-6-3-11/h2-3,5-6,10,14H,4,7,9H2,1H3. The van der Waals surface area contributed by atoms with E-state index in [2.05, 4.69) is 16.4 Å². The molecule has 3 heteroatoms. The number of nitrogens with one attached hydrogen (secondary N) is 1. The number of hydrogen-bond donors (Lipinski definition) is 1. The summed E-state index contributed by atoms with van der Waals surface area (Å²) in [5.74, 6) is 0.0902. The first-order valence-electron chi connectivity index (χ1n) is 4.82. The lowest BCUT2D eigenvalue weighted by Crippen LogP contribution is -2.22. The Morgan fingerprint density at radius 2 is 2.21 bits per heavy atom. The van der Waals surface area contributed by atoms with Crippen LogP contribution in [0.3, 0.4) is 0 Å². The van der Waals surface area contributed by atoms with E-state index in [1.165, 1.54) is 5.56 Å². The highest BCUT2D eigenvalue weighted by Crippen LogP contribution is 1.96. The molecule has 0 aliphatic heterocycles. The van der Waals surface area contributed by atoms with Crippen molar-refractivity contribution in [1.29, 1.82) is 5.26 Å². The fourth-order valence-corrected chi connectivity index (χ4v) is 1.15. The maximum Gasteiger partial charge on any atom is 0.0666 e. The van der Waals surface area contributed by atoms with Crippen LogP contribution in [0.1, 0.15) is 12.5 Å². The second kappa shape index (κ2) is 6.11. The van der Waals surface area contributed by atoms with Crippen LogP contribution in [0.4, 0.5) is 0 Å². The van der Waals surface area contributed by atoms with Crippen molar-refractivity contribution in [2.45, 2.75) is 13.3 Å². The number of rotatable bonds is 5. The Bertz CT molecular complexity index is 289. The van der Waals surface area contributed by atoms with Crippen LogP contribution in [0, 0.1) is 17.2 Å². The summed E-state index contributed by atoms with van der Waals surface area (Å²) in [6.07, 6.45) is 4.58. The van der Waals surface area contributed by atoms with Crippen molar-refractivity contribution >= 4 is 0 Å². The van der Waals surface area contributed by atoms with Gasteiger partial charge in [-0.1, -0.05) is 0 Å². The molecule has 14 heavy (non-hydrogen) atoms. The third-order valence-corrected chi connectivity index (χ3v) is 2.01. The van der Waals surface area contributed by atoms with Crippen molar-refractivity contribution in [3.05, 3.63) is 30.1 Å². The molecule has 0 aliphatic rings. The van der Waals surface area contributed by atoms with Crippen LogP contribution in [0.15, 0.2) is 24.5 Å². The SMILES string of the molecule is CC(C#N)CNCCc1ccncc1. The molecule has 1 rings (SSSR count). The van der Waals surface area contributed by atoms with E-state index < -0.39 is 0 Å². The van der Waals surface area contributed by atoms with Crippen LogP contribution in [-0.4, -0.2) is 18.1 Å². The van der Waals surface area contributed by atoms with E-state index in [1.807, 2.05) is 19.1 Å². The predicted molar refractivity (Wildman–Crippen MR) is 55.6 cm³/mol. The summed E-state index contributed by atoms with van der Waals surface area (Å²) in [5, 5.41) is 11.8. The van der Waals surface area contributed by atoms with Gasteiger partial charge in [0.1, 0.15) is 0 Å². The smallest absolute Gasteiger partial charge is 0.0666 e. The van der Waals surface area contributed by atoms with Crippen LogP contribution in [0.5, 0.6) is 0 Å². The quantitative estimate of drug-likeness (QED) is 0.712. The largest absolute Gasteiger partial charge is 0.315 e. The predicted octanol–water partition coefficient (Wildman–Crippen LogP) is 1.37. The average molecular weight is 189 g/mol. The van der Waals surface area contributed by atoms with E-state index in [-0.39, 0.29) is 5.92 Å². The van der Waals surface area contributed by atoms with E-state index in [0.717, 1.165) is 19.5 Å². The Hall–Kier alpha value is -1.40. The monoisotopic (exact) mass is 189 g/mol. The Balaban J connectivity index is 2.14. The molecule has 0 saturated heterocycles. The number of nitriles is 1. The molecule has 0 bridgehead atoms. The van der Waals surface area contributed by atoms with Gasteiger partial charge in [0.15, 0.2) is 0 Å². The first kappa shape index (κ1) is 10.7. The highest BCUT2D eigenvalue weighted by molar-refractivity contribution is 5.09. The van der Waals surface area contributed by atoms with Gasteiger partial charge >= 0.3 is 0 Å². The summed E-state index contributed by atoms with van der Waals surface area (Å²) >= 11 is 0. The van der Waals surface area contributed by atoms with Crippen molar-refractivity contribution in [3.63, 3.8) is 0 Å². The highest BCUT2D eigenvalue weighted by Gasteiger charge is 1.97. The van der Waals surface area contributed by atoms with Gasteiger partial charge < -0.3 is 5.32 Å². The molecular weight excluding hydrogens is 174 g/mol. The minimum Gasteiger partial charge on any atom is -0.315 e. The Labute approximate surface area is 84.8 Å². The van der Waals surface area contributed by atoms with Gasteiger partial charge in [-0.25, -0.2) is 0 Å². The van der Waals surface area contributed by atoms with Crippen molar-refractivity contribution in [1.82, 2.24) is 10.3 Å². The molecule has 74 valence electrons. The molecule has 1 aromatic heterocycles. The van der Waals surface area contributed by atoms with E-state index in [9.17, 15) is 0 Å². The fourth-order valence-electron chi connectivity index (χ4n) is 1.15. The molecule has 1 atom stereocenters. The zero-order valence-electron chi connectivity index (χ0n) is 8.40. The van der Waals surface area contributed by atoms with Gasteiger partial charge in [-0.05, 0) is 37.6 Å². The Morgan fingerprint density at radius 3 is 2.86 bits per heavy atom. The van der Waals surface area contributed by atoms with Crippen molar-refractivity contribution in [2.75, 3.05) is 13.1 Å². The van der Waals surface area contributed by atoms with Gasteiger partial charge in [-0.3, -0.25) is 4.98 Å². The third-order valence-electron chi connectivity index (χ3n) is 2.01. The lowest BCUT2D eigenvalue weighted by molar-refractivity contribution is 0.602. The third kappa shape index (κ3) is 4.01. The van der Waals surface area contributed by atoms with E-state index >= 15 is 0 Å². The topological polar surface area (TPSA) is 48.7 Å². The summed E-state index contributed by atoms with van der Waals surface area (Å²) in [4.78, 5) is 3.95. The van der Waals surface area contributed by atoms with Crippen LogP contribution in [0.2, 0.25) is 0 Å². The average Bonchev–Trinajstić information content (AvgIpc) is 2.25. The van der Waals surface area contributed by atoms with Crippen molar-refractivity contribution in [2.24, 2.45) is 5.92 Å². The summed E-state index contributed by atoms with van der Waals surface area (Å²) in [7, 11) is 0. The zero-order valence-corrected chi connectivity index (χ0v) is 8.40. The summed E-state index contributed by atoms with van der Waals surface area (Å²) in [5.41, 5.74) is 1.28. The lowest BCUT2D eigenvalue weighted by Gasteiger charge is -2.05. The van der Waals surface area contributed by atoms with Crippen LogP contribution in [0.25, 0.3) is 0 Å². The Morgan fingerprint density at radius 1 is 1.50 bits per heavy atom. The fraction of sp³-hybridized carbons (Fsp3) is 0.455. The lowest BCUT2D eigenvalue weighted by atomic mass is 10.2. The zero-order chi connectivity index (χ0) is 10.2. The van der Waals surface area contributed by atoms with Crippen LogP contribution >= 0.6 is 0 Å². The summed E-state index contributed by atoms with van der Waals surface area (Å²) in [6, 6.07) is 6.21. The normalized spacial score (nSPS) is 12.0. The molecule has 0 radical (unpaired) electrons. The number of hydrogen-bond acceptors (Lipinski definition) is 3. The van der Waals surface area contributed by atoms with Gasteiger partial charge in [-0.15, -0.1) is 0 Å². The van der Waals surface area contributed by atoms with Gasteiger partial charge in [0.2, 0.25) is 0 Å². The number of nitrogens with zero attached hydrogens (tertiary/aromatic N) is 2. The minimum absolute atomic E-state index is 0.0902. The molecule has 3 nitrogen and oxygen atoms in total. The molecule has 1 unspecified atom stereocenters. The molecule has 0 aromatic carbocycles. The maximum atomic E-state index is 8.55. The second-order valence-corrected chi connectivity index (χ2v) is 3.34. The van der Waals surface area contributed by atoms with Crippen molar-refractivity contribution < 1.29 is 0 Å². The molecular formula is C11H15N3. The van der Waals surface area contributed by atoms with Crippen molar-refractivity contribution in [3.8, 4) is 6.07 Å². The summed E-state index contributed by atoms with van der Waals surface area (Å²) < 4.78 is 0. The molecule has 1 heterocycles. The number of aromatic nitrogens is 1. The Kier molecular flexibility index (Phi) is 4.66. The van der Waals surface area contributed by atoms with E-state index in [1.54, 1.807) is 12.4 Å². The van der Waals surface area contributed by atoms with E-state index in [0.29, 0.717) is 0 Å².